The molecule has 2 N–H and O–H groups in total. The fraction of sp³-hybridized carbons (Fsp3) is 0.500. The lowest BCUT2D eigenvalue weighted by atomic mass is 10.1. The number of carbonyl (C=O) groups excluding carboxylic acids is 1. The van der Waals surface area contributed by atoms with E-state index in [4.69, 9.17) is 15.2 Å². The van der Waals surface area contributed by atoms with Gasteiger partial charge >= 0.3 is 0 Å². The van der Waals surface area contributed by atoms with Crippen molar-refractivity contribution >= 4 is 5.91 Å². The van der Waals surface area contributed by atoms with Crippen molar-refractivity contribution < 1.29 is 14.3 Å². The van der Waals surface area contributed by atoms with Crippen LogP contribution in [0.1, 0.15) is 23.2 Å². The molecule has 1 aliphatic rings. The third-order valence-corrected chi connectivity index (χ3v) is 3.54. The molecule has 1 fully saturated rings. The molecule has 0 radical (unpaired) electrons. The lowest BCUT2D eigenvalue weighted by molar-refractivity contribution is 0.0741. The van der Waals surface area contributed by atoms with Crippen molar-refractivity contribution in [2.45, 2.75) is 18.9 Å². The normalized spacial score (nSPS) is 18.5. The van der Waals surface area contributed by atoms with E-state index in [0.717, 1.165) is 19.4 Å². The number of amides is 1. The predicted molar refractivity (Wildman–Crippen MR) is 72.7 cm³/mol. The number of likely N-dealkylation sites (tertiary alicyclic amines) is 1. The van der Waals surface area contributed by atoms with Gasteiger partial charge in [-0.15, -0.1) is 0 Å². The second-order valence-corrected chi connectivity index (χ2v) is 4.60. The largest absolute Gasteiger partial charge is 0.493 e. The van der Waals surface area contributed by atoms with E-state index >= 15 is 0 Å². The molecule has 19 heavy (non-hydrogen) atoms. The van der Waals surface area contributed by atoms with Gasteiger partial charge in [-0.05, 0) is 31.0 Å². The first kappa shape index (κ1) is 13.7. The molecule has 1 aromatic rings. The summed E-state index contributed by atoms with van der Waals surface area (Å²) in [5.41, 5.74) is 6.31. The van der Waals surface area contributed by atoms with Crippen molar-refractivity contribution in [2.75, 3.05) is 27.3 Å². The zero-order valence-corrected chi connectivity index (χ0v) is 11.4. The molecule has 0 bridgehead atoms. The van der Waals surface area contributed by atoms with Crippen LogP contribution in [0.2, 0.25) is 0 Å². The number of hydrogen-bond acceptors (Lipinski definition) is 4. The Morgan fingerprint density at radius 2 is 2.11 bits per heavy atom. The molecule has 1 heterocycles. The molecule has 1 aliphatic heterocycles. The van der Waals surface area contributed by atoms with Crippen LogP contribution in [-0.4, -0.2) is 44.2 Å². The van der Waals surface area contributed by atoms with Gasteiger partial charge in [0, 0.05) is 24.7 Å². The van der Waals surface area contributed by atoms with Gasteiger partial charge in [-0.1, -0.05) is 0 Å². The van der Waals surface area contributed by atoms with Gasteiger partial charge in [0.25, 0.3) is 5.91 Å². The molecule has 1 atom stereocenters. The predicted octanol–water partition coefficient (Wildman–Crippen LogP) is 1.27. The fourth-order valence-corrected chi connectivity index (χ4v) is 2.48. The van der Waals surface area contributed by atoms with Crippen LogP contribution in [0.25, 0.3) is 0 Å². The summed E-state index contributed by atoms with van der Waals surface area (Å²) < 4.78 is 10.4. The first-order valence-electron chi connectivity index (χ1n) is 6.44. The minimum absolute atomic E-state index is 0.00824. The van der Waals surface area contributed by atoms with Crippen molar-refractivity contribution in [3.05, 3.63) is 23.8 Å². The van der Waals surface area contributed by atoms with E-state index in [-0.39, 0.29) is 11.9 Å². The minimum atomic E-state index is 0.00824. The Hall–Kier alpha value is -1.75. The number of hydrogen-bond donors (Lipinski definition) is 1. The van der Waals surface area contributed by atoms with Crippen LogP contribution in [0.3, 0.4) is 0 Å². The van der Waals surface area contributed by atoms with E-state index in [9.17, 15) is 4.79 Å². The highest BCUT2D eigenvalue weighted by molar-refractivity contribution is 5.95. The zero-order valence-electron chi connectivity index (χ0n) is 11.4. The Morgan fingerprint density at radius 1 is 1.37 bits per heavy atom. The number of nitrogens with zero attached hydrogens (tertiary/aromatic N) is 1. The average molecular weight is 264 g/mol. The molecule has 0 unspecified atom stereocenters. The van der Waals surface area contributed by atoms with Crippen molar-refractivity contribution in [2.24, 2.45) is 5.73 Å². The van der Waals surface area contributed by atoms with Crippen molar-refractivity contribution in [3.63, 3.8) is 0 Å². The molecule has 1 aromatic carbocycles. The van der Waals surface area contributed by atoms with Gasteiger partial charge in [-0.2, -0.15) is 0 Å². The first-order valence-corrected chi connectivity index (χ1v) is 6.44. The SMILES string of the molecule is COc1ccc(C(=O)N2CCC[C@H]2CN)cc1OC. The first-order chi connectivity index (χ1) is 9.21. The summed E-state index contributed by atoms with van der Waals surface area (Å²) in [7, 11) is 3.13. The Labute approximate surface area is 113 Å². The summed E-state index contributed by atoms with van der Waals surface area (Å²) in [6, 6.07) is 5.38. The Balaban J connectivity index is 2.24. The van der Waals surface area contributed by atoms with E-state index in [0.29, 0.717) is 23.6 Å². The van der Waals surface area contributed by atoms with Crippen molar-refractivity contribution in [1.82, 2.24) is 4.90 Å². The van der Waals surface area contributed by atoms with Crippen LogP contribution in [0.5, 0.6) is 11.5 Å². The van der Waals surface area contributed by atoms with Crippen LogP contribution < -0.4 is 15.2 Å². The Morgan fingerprint density at radius 3 is 2.74 bits per heavy atom. The molecular weight excluding hydrogens is 244 g/mol. The third-order valence-electron chi connectivity index (χ3n) is 3.54. The lowest BCUT2D eigenvalue weighted by Crippen LogP contribution is -2.39. The zero-order chi connectivity index (χ0) is 13.8. The smallest absolute Gasteiger partial charge is 0.254 e. The maximum Gasteiger partial charge on any atom is 0.254 e. The summed E-state index contributed by atoms with van der Waals surface area (Å²) in [4.78, 5) is 14.3. The summed E-state index contributed by atoms with van der Waals surface area (Å²) >= 11 is 0. The van der Waals surface area contributed by atoms with Gasteiger partial charge in [0.05, 0.1) is 14.2 Å². The fourth-order valence-electron chi connectivity index (χ4n) is 2.48. The molecule has 0 saturated carbocycles. The van der Waals surface area contributed by atoms with E-state index in [1.807, 2.05) is 4.90 Å². The van der Waals surface area contributed by atoms with Crippen molar-refractivity contribution in [3.8, 4) is 11.5 Å². The molecule has 0 aliphatic carbocycles. The molecule has 0 spiro atoms. The number of benzene rings is 1. The third kappa shape index (κ3) is 2.66. The second-order valence-electron chi connectivity index (χ2n) is 4.60. The molecule has 104 valence electrons. The highest BCUT2D eigenvalue weighted by Crippen LogP contribution is 2.29. The van der Waals surface area contributed by atoms with Crippen LogP contribution in [0.15, 0.2) is 18.2 Å². The van der Waals surface area contributed by atoms with E-state index in [1.54, 1.807) is 32.4 Å². The monoisotopic (exact) mass is 264 g/mol. The van der Waals surface area contributed by atoms with Crippen LogP contribution >= 0.6 is 0 Å². The average Bonchev–Trinajstić information content (AvgIpc) is 2.94. The molecule has 5 heteroatoms. The van der Waals surface area contributed by atoms with Gasteiger partial charge in [-0.3, -0.25) is 4.79 Å². The summed E-state index contributed by atoms with van der Waals surface area (Å²) in [6.45, 7) is 1.29. The molecule has 0 aromatic heterocycles. The lowest BCUT2D eigenvalue weighted by Gasteiger charge is -2.23. The van der Waals surface area contributed by atoms with Gasteiger partial charge in [0.1, 0.15) is 0 Å². The summed E-state index contributed by atoms with van der Waals surface area (Å²) in [5.74, 6) is 1.20. The maximum atomic E-state index is 12.5. The maximum absolute atomic E-state index is 12.5. The van der Waals surface area contributed by atoms with Crippen LogP contribution in [-0.2, 0) is 0 Å². The van der Waals surface area contributed by atoms with Gasteiger partial charge in [-0.25, -0.2) is 0 Å². The molecule has 2 rings (SSSR count). The molecule has 1 saturated heterocycles. The quantitative estimate of drug-likeness (QED) is 0.889. The molecule has 5 nitrogen and oxygen atoms in total. The highest BCUT2D eigenvalue weighted by Gasteiger charge is 2.28. The van der Waals surface area contributed by atoms with Gasteiger partial charge in [0.2, 0.25) is 0 Å². The number of ether oxygens (including phenoxy) is 2. The number of nitrogens with two attached hydrogens (primary N) is 1. The summed E-state index contributed by atoms with van der Waals surface area (Å²) in [5, 5.41) is 0. The number of methoxy groups -OCH3 is 2. The Kier molecular flexibility index (Phi) is 4.27. The Bertz CT molecular complexity index is 462. The highest BCUT2D eigenvalue weighted by atomic mass is 16.5. The molecule has 1 amide bonds. The van der Waals surface area contributed by atoms with Crippen molar-refractivity contribution in [1.29, 1.82) is 0 Å². The number of carbonyl (C=O) groups is 1. The standard InChI is InChI=1S/C14H20N2O3/c1-18-12-6-5-10(8-13(12)19-2)14(17)16-7-3-4-11(16)9-15/h5-6,8,11H,3-4,7,9,15H2,1-2H3/t11-/m0/s1. The topological polar surface area (TPSA) is 64.8 Å². The summed E-state index contributed by atoms with van der Waals surface area (Å²) in [6.07, 6.45) is 2.00. The second kappa shape index (κ2) is 5.93. The molecular formula is C14H20N2O3. The van der Waals surface area contributed by atoms with Crippen LogP contribution in [0, 0.1) is 0 Å². The minimum Gasteiger partial charge on any atom is -0.493 e. The van der Waals surface area contributed by atoms with Gasteiger partial charge < -0.3 is 20.1 Å². The number of rotatable bonds is 4. The van der Waals surface area contributed by atoms with Crippen LogP contribution in [0.4, 0.5) is 0 Å². The van der Waals surface area contributed by atoms with E-state index in [2.05, 4.69) is 0 Å². The van der Waals surface area contributed by atoms with Gasteiger partial charge in [0.15, 0.2) is 11.5 Å². The van der Waals surface area contributed by atoms with E-state index in [1.165, 1.54) is 0 Å². The van der Waals surface area contributed by atoms with E-state index < -0.39 is 0 Å².